The summed E-state index contributed by atoms with van der Waals surface area (Å²) in [4.78, 5) is 6.75. The lowest BCUT2D eigenvalue weighted by molar-refractivity contribution is 0.346. The molecule has 28 heavy (non-hydrogen) atoms. The van der Waals surface area contributed by atoms with Gasteiger partial charge in [-0.2, -0.15) is 0 Å². The van der Waals surface area contributed by atoms with Gasteiger partial charge >= 0.3 is 0 Å². The number of rotatable bonds is 6. The molecule has 0 fully saturated rings. The van der Waals surface area contributed by atoms with Gasteiger partial charge in [0.25, 0.3) is 0 Å². The fourth-order valence-corrected chi connectivity index (χ4v) is 3.61. The monoisotopic (exact) mass is 383 g/mol. The maximum atomic E-state index is 5.46. The Morgan fingerprint density at radius 1 is 1.00 bits per heavy atom. The van der Waals surface area contributed by atoms with Gasteiger partial charge in [-0.3, -0.25) is 4.99 Å². The average molecular weight is 383 g/mol. The molecule has 6 heteroatoms. The zero-order chi connectivity index (χ0) is 19.9. The maximum absolute atomic E-state index is 5.46. The summed E-state index contributed by atoms with van der Waals surface area (Å²) >= 11 is 0. The number of hydrogen-bond donors (Lipinski definition) is 1. The normalized spacial score (nSPS) is 13.7. The first-order chi connectivity index (χ1) is 13.7. The molecule has 0 amide bonds. The Labute approximate surface area is 167 Å². The molecule has 0 unspecified atom stereocenters. The first-order valence-electron chi connectivity index (χ1n) is 9.51. The zero-order valence-electron chi connectivity index (χ0n) is 17.1. The van der Waals surface area contributed by atoms with Crippen LogP contribution in [0.3, 0.4) is 0 Å². The molecule has 0 saturated carbocycles. The standard InChI is InChI=1S/C22H29N3O3/c1-23-22(24-11-9-16-7-5-6-8-19(16)26-2)25-12-10-17-13-20(27-3)21(28-4)14-18(17)15-25/h5-8,13-14H,9-12,15H2,1-4H3,(H,23,24). The lowest BCUT2D eigenvalue weighted by atomic mass is 9.99. The molecule has 150 valence electrons. The number of aliphatic imine (C=N–C) groups is 1. The van der Waals surface area contributed by atoms with Gasteiger partial charge in [-0.1, -0.05) is 18.2 Å². The van der Waals surface area contributed by atoms with E-state index in [0.717, 1.165) is 55.7 Å². The largest absolute Gasteiger partial charge is 0.496 e. The van der Waals surface area contributed by atoms with Crippen molar-refractivity contribution in [2.24, 2.45) is 4.99 Å². The van der Waals surface area contributed by atoms with Crippen LogP contribution in [0.4, 0.5) is 0 Å². The Kier molecular flexibility index (Phi) is 6.63. The van der Waals surface area contributed by atoms with Crippen molar-refractivity contribution in [3.63, 3.8) is 0 Å². The van der Waals surface area contributed by atoms with E-state index >= 15 is 0 Å². The van der Waals surface area contributed by atoms with Gasteiger partial charge < -0.3 is 24.4 Å². The predicted molar refractivity (Wildman–Crippen MR) is 112 cm³/mol. The second kappa shape index (κ2) is 9.35. The first kappa shape index (κ1) is 19.9. The van der Waals surface area contributed by atoms with Crippen LogP contribution in [-0.4, -0.2) is 52.3 Å². The molecule has 0 aliphatic carbocycles. The molecule has 0 aromatic heterocycles. The van der Waals surface area contributed by atoms with Gasteiger partial charge in [0.2, 0.25) is 0 Å². The van der Waals surface area contributed by atoms with Crippen LogP contribution < -0.4 is 19.5 Å². The molecule has 0 radical (unpaired) electrons. The van der Waals surface area contributed by atoms with Crippen LogP contribution in [0, 0.1) is 0 Å². The summed E-state index contributed by atoms with van der Waals surface area (Å²) in [6.45, 7) is 2.50. The van der Waals surface area contributed by atoms with Gasteiger partial charge in [0, 0.05) is 26.7 Å². The topological polar surface area (TPSA) is 55.3 Å². The highest BCUT2D eigenvalue weighted by molar-refractivity contribution is 5.80. The minimum absolute atomic E-state index is 0.766. The number of para-hydroxylation sites is 1. The smallest absolute Gasteiger partial charge is 0.193 e. The summed E-state index contributed by atoms with van der Waals surface area (Å²) in [5.41, 5.74) is 3.74. The van der Waals surface area contributed by atoms with E-state index in [1.165, 1.54) is 16.7 Å². The SMILES string of the molecule is CN=C(NCCc1ccccc1OC)N1CCc2cc(OC)c(OC)cc2C1. The second-order valence-corrected chi connectivity index (χ2v) is 6.68. The molecule has 0 atom stereocenters. The zero-order valence-corrected chi connectivity index (χ0v) is 17.1. The number of nitrogens with one attached hydrogen (secondary N) is 1. The number of hydrogen-bond acceptors (Lipinski definition) is 4. The molecule has 3 rings (SSSR count). The third-order valence-corrected chi connectivity index (χ3v) is 5.10. The third-order valence-electron chi connectivity index (χ3n) is 5.10. The summed E-state index contributed by atoms with van der Waals surface area (Å²) in [5, 5.41) is 3.49. The highest BCUT2D eigenvalue weighted by Crippen LogP contribution is 2.33. The van der Waals surface area contributed by atoms with Crippen molar-refractivity contribution in [3.8, 4) is 17.2 Å². The Hall–Kier alpha value is -2.89. The van der Waals surface area contributed by atoms with E-state index in [-0.39, 0.29) is 0 Å². The van der Waals surface area contributed by atoms with E-state index in [9.17, 15) is 0 Å². The summed E-state index contributed by atoms with van der Waals surface area (Å²) in [6, 6.07) is 12.3. The molecule has 2 aromatic carbocycles. The molecule has 1 N–H and O–H groups in total. The molecule has 1 heterocycles. The molecular weight excluding hydrogens is 354 g/mol. The van der Waals surface area contributed by atoms with Crippen LogP contribution in [-0.2, 0) is 19.4 Å². The van der Waals surface area contributed by atoms with Gasteiger partial charge in [0.05, 0.1) is 21.3 Å². The molecule has 0 spiro atoms. The number of ether oxygens (including phenoxy) is 3. The summed E-state index contributed by atoms with van der Waals surface area (Å²) < 4.78 is 16.3. The lowest BCUT2D eigenvalue weighted by Crippen LogP contribution is -2.44. The van der Waals surface area contributed by atoms with Crippen molar-refractivity contribution < 1.29 is 14.2 Å². The Morgan fingerprint density at radius 2 is 1.68 bits per heavy atom. The van der Waals surface area contributed by atoms with Crippen LogP contribution in [0.2, 0.25) is 0 Å². The van der Waals surface area contributed by atoms with E-state index < -0.39 is 0 Å². The fraction of sp³-hybridized carbons (Fsp3) is 0.409. The van der Waals surface area contributed by atoms with E-state index in [4.69, 9.17) is 14.2 Å². The molecule has 1 aliphatic heterocycles. The Bertz CT molecular complexity index is 836. The third kappa shape index (κ3) is 4.32. The van der Waals surface area contributed by atoms with Gasteiger partial charge in [-0.05, 0) is 47.7 Å². The van der Waals surface area contributed by atoms with Crippen molar-refractivity contribution in [3.05, 3.63) is 53.1 Å². The van der Waals surface area contributed by atoms with E-state index in [2.05, 4.69) is 33.4 Å². The van der Waals surface area contributed by atoms with Crippen LogP contribution in [0.15, 0.2) is 41.4 Å². The minimum Gasteiger partial charge on any atom is -0.496 e. The Morgan fingerprint density at radius 3 is 2.36 bits per heavy atom. The molecule has 0 saturated heterocycles. The van der Waals surface area contributed by atoms with Crippen molar-refractivity contribution in [1.29, 1.82) is 0 Å². The van der Waals surface area contributed by atoms with Crippen molar-refractivity contribution in [2.75, 3.05) is 41.5 Å². The van der Waals surface area contributed by atoms with Gasteiger partial charge in [0.15, 0.2) is 17.5 Å². The van der Waals surface area contributed by atoms with Crippen LogP contribution in [0.1, 0.15) is 16.7 Å². The highest BCUT2D eigenvalue weighted by atomic mass is 16.5. The van der Waals surface area contributed by atoms with Crippen molar-refractivity contribution in [1.82, 2.24) is 10.2 Å². The summed E-state index contributed by atoms with van der Waals surface area (Å²) in [5.74, 6) is 3.39. The number of methoxy groups -OCH3 is 3. The van der Waals surface area contributed by atoms with Gasteiger partial charge in [-0.25, -0.2) is 0 Å². The molecule has 1 aliphatic rings. The first-order valence-corrected chi connectivity index (χ1v) is 9.51. The van der Waals surface area contributed by atoms with Crippen LogP contribution in [0.25, 0.3) is 0 Å². The Balaban J connectivity index is 1.64. The number of fused-ring (bicyclic) bond motifs is 1. The molecule has 6 nitrogen and oxygen atoms in total. The minimum atomic E-state index is 0.766. The van der Waals surface area contributed by atoms with Gasteiger partial charge in [0.1, 0.15) is 5.75 Å². The quantitative estimate of drug-likeness (QED) is 0.614. The van der Waals surface area contributed by atoms with E-state index in [0.29, 0.717) is 0 Å². The van der Waals surface area contributed by atoms with E-state index in [1.54, 1.807) is 21.3 Å². The van der Waals surface area contributed by atoms with Gasteiger partial charge in [-0.15, -0.1) is 0 Å². The lowest BCUT2D eigenvalue weighted by Gasteiger charge is -2.32. The van der Waals surface area contributed by atoms with E-state index in [1.807, 2.05) is 25.2 Å². The molecular formula is C22H29N3O3. The van der Waals surface area contributed by atoms with Crippen molar-refractivity contribution in [2.45, 2.75) is 19.4 Å². The maximum Gasteiger partial charge on any atom is 0.193 e. The summed E-state index contributed by atoms with van der Waals surface area (Å²) in [7, 11) is 6.88. The predicted octanol–water partition coefficient (Wildman–Crippen LogP) is 2.89. The number of nitrogens with zero attached hydrogens (tertiary/aromatic N) is 2. The van der Waals surface area contributed by atoms with Crippen LogP contribution in [0.5, 0.6) is 17.2 Å². The summed E-state index contributed by atoms with van der Waals surface area (Å²) in [6.07, 6.45) is 1.82. The molecule has 2 aromatic rings. The molecule has 0 bridgehead atoms. The fourth-order valence-electron chi connectivity index (χ4n) is 3.61. The average Bonchev–Trinajstić information content (AvgIpc) is 2.75. The highest BCUT2D eigenvalue weighted by Gasteiger charge is 2.21. The van der Waals surface area contributed by atoms with Crippen molar-refractivity contribution >= 4 is 5.96 Å². The number of guanidine groups is 1. The number of benzene rings is 2. The van der Waals surface area contributed by atoms with Crippen LogP contribution >= 0.6 is 0 Å². The second-order valence-electron chi connectivity index (χ2n) is 6.68.